The molecule has 2 N–H and O–H groups in total. The predicted octanol–water partition coefficient (Wildman–Crippen LogP) is 2.28. The first-order chi connectivity index (χ1) is 9.65. The highest BCUT2D eigenvalue weighted by Crippen LogP contribution is 2.28. The molecule has 0 radical (unpaired) electrons. The maximum atomic E-state index is 11.0. The molecular formula is C12H15N5O3. The van der Waals surface area contributed by atoms with Crippen molar-refractivity contribution in [1.29, 1.82) is 0 Å². The lowest BCUT2D eigenvalue weighted by molar-refractivity contribution is -0.384. The van der Waals surface area contributed by atoms with Crippen LogP contribution in [0.1, 0.15) is 25.2 Å². The number of hydrogen-bond acceptors (Lipinski definition) is 6. The first-order valence-electron chi connectivity index (χ1n) is 6.11. The number of rotatable bonds is 6. The molecule has 0 bridgehead atoms. The van der Waals surface area contributed by atoms with Crippen LogP contribution in [0.15, 0.2) is 24.5 Å². The zero-order valence-corrected chi connectivity index (χ0v) is 11.2. The third kappa shape index (κ3) is 2.85. The molecule has 2 rings (SSSR count). The Balaban J connectivity index is 2.33. The van der Waals surface area contributed by atoms with E-state index in [9.17, 15) is 10.1 Å². The first kappa shape index (κ1) is 13.8. The molecule has 0 aliphatic heterocycles. The molecule has 0 saturated heterocycles. The summed E-state index contributed by atoms with van der Waals surface area (Å²) in [5, 5.41) is 14.1. The number of anilines is 1. The summed E-state index contributed by atoms with van der Waals surface area (Å²) in [5.74, 6) is 1.18. The number of nitrogens with one attached hydrogen (secondary N) is 2. The van der Waals surface area contributed by atoms with Crippen LogP contribution in [-0.4, -0.2) is 27.0 Å². The summed E-state index contributed by atoms with van der Waals surface area (Å²) < 4.78 is 5.00. The first-order valence-corrected chi connectivity index (χ1v) is 6.11. The fourth-order valence-electron chi connectivity index (χ4n) is 1.80. The Hall–Kier alpha value is -2.64. The van der Waals surface area contributed by atoms with Gasteiger partial charge in [0, 0.05) is 24.5 Å². The summed E-state index contributed by atoms with van der Waals surface area (Å²) in [6.45, 7) is 1.95. The summed E-state index contributed by atoms with van der Waals surface area (Å²) in [6.07, 6.45) is 4.03. The van der Waals surface area contributed by atoms with Gasteiger partial charge in [-0.1, -0.05) is 6.92 Å². The molecule has 2 aromatic rings. The van der Waals surface area contributed by atoms with Crippen molar-refractivity contribution in [3.63, 3.8) is 0 Å². The van der Waals surface area contributed by atoms with E-state index in [1.165, 1.54) is 19.2 Å². The summed E-state index contributed by atoms with van der Waals surface area (Å²) in [4.78, 5) is 21.8. The molecule has 8 nitrogen and oxygen atoms in total. The number of aromatic amines is 1. The summed E-state index contributed by atoms with van der Waals surface area (Å²) in [7, 11) is 1.46. The van der Waals surface area contributed by atoms with Gasteiger partial charge in [-0.15, -0.1) is 0 Å². The van der Waals surface area contributed by atoms with Crippen molar-refractivity contribution in [2.75, 3.05) is 12.4 Å². The molecule has 1 atom stereocenters. The standard InChI is InChI=1S/C12H15N5O3/c1-3-8(11-13-6-7-14-11)15-12-9(17(18)19)4-5-10(16-12)20-2/h4-8H,3H2,1-2H3,(H,13,14)(H,15,16). The Morgan fingerprint density at radius 3 is 2.90 bits per heavy atom. The molecule has 106 valence electrons. The number of H-pyrrole nitrogens is 1. The van der Waals surface area contributed by atoms with E-state index in [1.807, 2.05) is 6.92 Å². The van der Waals surface area contributed by atoms with Crippen LogP contribution in [0.25, 0.3) is 0 Å². The van der Waals surface area contributed by atoms with Gasteiger partial charge < -0.3 is 15.0 Å². The van der Waals surface area contributed by atoms with Gasteiger partial charge in [0.2, 0.25) is 11.7 Å². The van der Waals surface area contributed by atoms with Crippen LogP contribution in [0, 0.1) is 10.1 Å². The van der Waals surface area contributed by atoms with Gasteiger partial charge in [0.05, 0.1) is 18.1 Å². The Morgan fingerprint density at radius 2 is 2.35 bits per heavy atom. The zero-order valence-electron chi connectivity index (χ0n) is 11.2. The molecule has 0 spiro atoms. The molecule has 1 unspecified atom stereocenters. The minimum absolute atomic E-state index is 0.101. The van der Waals surface area contributed by atoms with Crippen LogP contribution in [0.4, 0.5) is 11.5 Å². The number of nitrogens with zero attached hydrogens (tertiary/aromatic N) is 3. The Morgan fingerprint density at radius 1 is 1.55 bits per heavy atom. The van der Waals surface area contributed by atoms with Crippen molar-refractivity contribution >= 4 is 11.5 Å². The summed E-state index contributed by atoms with van der Waals surface area (Å²) >= 11 is 0. The smallest absolute Gasteiger partial charge is 0.311 e. The van der Waals surface area contributed by atoms with Crippen LogP contribution in [0.5, 0.6) is 5.88 Å². The molecule has 0 saturated carbocycles. The number of nitro groups is 1. The van der Waals surface area contributed by atoms with Crippen molar-refractivity contribution in [3.8, 4) is 5.88 Å². The highest BCUT2D eigenvalue weighted by Gasteiger charge is 2.21. The molecule has 0 aliphatic carbocycles. The molecule has 0 amide bonds. The lowest BCUT2D eigenvalue weighted by atomic mass is 10.2. The van der Waals surface area contributed by atoms with Gasteiger partial charge in [0.1, 0.15) is 5.82 Å². The minimum Gasteiger partial charge on any atom is -0.481 e. The maximum Gasteiger partial charge on any atom is 0.311 e. The second-order valence-corrected chi connectivity index (χ2v) is 4.06. The number of hydrogen-bond donors (Lipinski definition) is 2. The molecule has 0 aromatic carbocycles. The highest BCUT2D eigenvalue weighted by atomic mass is 16.6. The van der Waals surface area contributed by atoms with Crippen LogP contribution < -0.4 is 10.1 Å². The number of pyridine rings is 1. The van der Waals surface area contributed by atoms with E-state index >= 15 is 0 Å². The van der Waals surface area contributed by atoms with Crippen LogP contribution in [0.2, 0.25) is 0 Å². The Labute approximate surface area is 115 Å². The highest BCUT2D eigenvalue weighted by molar-refractivity contribution is 5.57. The number of imidazole rings is 1. The molecule has 8 heteroatoms. The predicted molar refractivity (Wildman–Crippen MR) is 72.7 cm³/mol. The van der Waals surface area contributed by atoms with E-state index in [0.717, 1.165) is 0 Å². The van der Waals surface area contributed by atoms with E-state index in [4.69, 9.17) is 4.74 Å². The number of aromatic nitrogens is 3. The molecular weight excluding hydrogens is 262 g/mol. The monoisotopic (exact) mass is 277 g/mol. The molecule has 2 aromatic heterocycles. The molecule has 0 aliphatic rings. The lowest BCUT2D eigenvalue weighted by Crippen LogP contribution is -2.14. The molecule has 20 heavy (non-hydrogen) atoms. The van der Waals surface area contributed by atoms with Crippen molar-refractivity contribution in [2.45, 2.75) is 19.4 Å². The van der Waals surface area contributed by atoms with E-state index < -0.39 is 4.92 Å². The van der Waals surface area contributed by atoms with Crippen LogP contribution in [-0.2, 0) is 0 Å². The third-order valence-electron chi connectivity index (χ3n) is 2.82. The Bertz CT molecular complexity index is 585. The normalized spacial score (nSPS) is 11.9. The van der Waals surface area contributed by atoms with Crippen LogP contribution in [0.3, 0.4) is 0 Å². The van der Waals surface area contributed by atoms with E-state index in [1.54, 1.807) is 12.4 Å². The van der Waals surface area contributed by atoms with Crippen molar-refractivity contribution in [1.82, 2.24) is 15.0 Å². The SMILES string of the molecule is CCC(Nc1nc(OC)ccc1[N+](=O)[O-])c1ncc[nH]1. The van der Waals surface area contributed by atoms with E-state index in [2.05, 4.69) is 20.3 Å². The van der Waals surface area contributed by atoms with E-state index in [-0.39, 0.29) is 17.5 Å². The van der Waals surface area contributed by atoms with Gasteiger partial charge in [0.15, 0.2) is 0 Å². The summed E-state index contributed by atoms with van der Waals surface area (Å²) in [6, 6.07) is 2.63. The number of methoxy groups -OCH3 is 1. The zero-order chi connectivity index (χ0) is 14.5. The third-order valence-corrected chi connectivity index (χ3v) is 2.82. The van der Waals surface area contributed by atoms with E-state index in [0.29, 0.717) is 18.1 Å². The quantitative estimate of drug-likeness (QED) is 0.619. The van der Waals surface area contributed by atoms with Gasteiger partial charge in [-0.25, -0.2) is 4.98 Å². The van der Waals surface area contributed by atoms with Crippen molar-refractivity contribution < 1.29 is 9.66 Å². The van der Waals surface area contributed by atoms with Gasteiger partial charge in [-0.3, -0.25) is 10.1 Å². The van der Waals surface area contributed by atoms with Gasteiger partial charge in [-0.2, -0.15) is 4.98 Å². The van der Waals surface area contributed by atoms with Crippen molar-refractivity contribution in [2.24, 2.45) is 0 Å². The van der Waals surface area contributed by atoms with Gasteiger partial charge >= 0.3 is 5.69 Å². The molecule has 0 fully saturated rings. The second kappa shape index (κ2) is 6.00. The fraction of sp³-hybridized carbons (Fsp3) is 0.333. The fourth-order valence-corrected chi connectivity index (χ4v) is 1.80. The summed E-state index contributed by atoms with van der Waals surface area (Å²) in [5.41, 5.74) is -0.101. The number of ether oxygens (including phenoxy) is 1. The van der Waals surface area contributed by atoms with Gasteiger partial charge in [-0.05, 0) is 6.42 Å². The van der Waals surface area contributed by atoms with Crippen molar-refractivity contribution in [3.05, 3.63) is 40.5 Å². The topological polar surface area (TPSA) is 106 Å². The lowest BCUT2D eigenvalue weighted by Gasteiger charge is -2.15. The van der Waals surface area contributed by atoms with Gasteiger partial charge in [0.25, 0.3) is 0 Å². The van der Waals surface area contributed by atoms with Crippen LogP contribution >= 0.6 is 0 Å². The largest absolute Gasteiger partial charge is 0.481 e. The second-order valence-electron chi connectivity index (χ2n) is 4.06. The average Bonchev–Trinajstić information content (AvgIpc) is 2.98. The Kier molecular flexibility index (Phi) is 4.14. The average molecular weight is 277 g/mol. The minimum atomic E-state index is -0.483. The maximum absolute atomic E-state index is 11.0. The molecule has 2 heterocycles.